The van der Waals surface area contributed by atoms with Gasteiger partial charge in [0.1, 0.15) is 0 Å². The lowest BCUT2D eigenvalue weighted by Gasteiger charge is -2.43. The molecule has 3 aliphatic rings. The molecule has 0 N–H and O–H groups in total. The zero-order valence-corrected chi connectivity index (χ0v) is 41.9. The SMILES string of the molecule is Cc1cccc(C)c1-c1ccc2c(c1)c1cc(-c3c(C)cccc3C)cc3c1n2B1c2ccc4c5ccccc5n5c4c2N(c2ccccc2-5)c2cc(-c4cc(C(C)(C)C)cc(C(C)(C)C)c4)cc-3c21. The van der Waals surface area contributed by atoms with Crippen LogP contribution in [0.4, 0.5) is 17.1 Å². The van der Waals surface area contributed by atoms with Gasteiger partial charge in [-0.25, -0.2) is 0 Å². The van der Waals surface area contributed by atoms with Crippen molar-refractivity contribution in [1.82, 2.24) is 9.05 Å². The van der Waals surface area contributed by atoms with Crippen LogP contribution in [0.15, 0.2) is 158 Å². The third-order valence-electron chi connectivity index (χ3n) is 16.4. The Labute approximate surface area is 411 Å². The Kier molecular flexibility index (Phi) is 8.31. The van der Waals surface area contributed by atoms with Crippen molar-refractivity contribution in [3.8, 4) is 50.2 Å². The van der Waals surface area contributed by atoms with Crippen LogP contribution < -0.4 is 15.8 Å². The first kappa shape index (κ1) is 41.4. The number of hydrogen-bond acceptors (Lipinski definition) is 1. The Morgan fingerprint density at radius 3 is 1.69 bits per heavy atom. The average molecular weight is 902 g/mol. The molecule has 5 heterocycles. The molecule has 0 bridgehead atoms. The maximum Gasteiger partial charge on any atom is 0.333 e. The van der Waals surface area contributed by atoms with Crippen LogP contribution in [0.25, 0.3) is 93.8 Å². The van der Waals surface area contributed by atoms with Gasteiger partial charge in [-0.1, -0.05) is 145 Å². The van der Waals surface area contributed by atoms with Gasteiger partial charge in [0.2, 0.25) is 0 Å². The van der Waals surface area contributed by atoms with E-state index in [0.717, 1.165) is 0 Å². The molecule has 70 heavy (non-hydrogen) atoms. The fourth-order valence-corrected chi connectivity index (χ4v) is 13.1. The first-order valence-electron chi connectivity index (χ1n) is 25.2. The van der Waals surface area contributed by atoms with E-state index in [-0.39, 0.29) is 17.7 Å². The molecule has 0 radical (unpaired) electrons. The van der Waals surface area contributed by atoms with Crippen molar-refractivity contribution in [2.75, 3.05) is 4.90 Å². The second-order valence-electron chi connectivity index (χ2n) is 22.8. The molecule has 0 atom stereocenters. The minimum Gasteiger partial charge on any atom is -0.375 e. The number of benzene rings is 9. The van der Waals surface area contributed by atoms with E-state index in [1.807, 2.05) is 0 Å². The lowest BCUT2D eigenvalue weighted by atomic mass is 9.44. The molecular weight excluding hydrogens is 846 g/mol. The third-order valence-corrected chi connectivity index (χ3v) is 16.4. The maximum absolute atomic E-state index is 2.74. The number of aryl methyl sites for hydroxylation is 4. The third kappa shape index (κ3) is 5.53. The summed E-state index contributed by atoms with van der Waals surface area (Å²) in [6.07, 6.45) is 0. The highest BCUT2D eigenvalue weighted by molar-refractivity contribution is 6.90. The highest BCUT2D eigenvalue weighted by atomic mass is 15.2. The monoisotopic (exact) mass is 901 g/mol. The molecule has 0 spiro atoms. The second-order valence-corrected chi connectivity index (χ2v) is 22.8. The van der Waals surface area contributed by atoms with Gasteiger partial charge in [0, 0.05) is 43.8 Å². The summed E-state index contributed by atoms with van der Waals surface area (Å²) in [6.45, 7) is 23.1. The Morgan fingerprint density at radius 2 is 1.00 bits per heavy atom. The van der Waals surface area contributed by atoms with Gasteiger partial charge >= 0.3 is 6.85 Å². The molecule has 338 valence electrons. The number of para-hydroxylation sites is 3. The summed E-state index contributed by atoms with van der Waals surface area (Å²) in [5.74, 6) is 0. The molecule has 14 rings (SSSR count). The van der Waals surface area contributed by atoms with Crippen LogP contribution in [0.3, 0.4) is 0 Å². The van der Waals surface area contributed by atoms with Crippen LogP contribution in [0.5, 0.6) is 0 Å². The van der Waals surface area contributed by atoms with Crippen molar-refractivity contribution in [3.05, 3.63) is 191 Å². The molecule has 0 saturated heterocycles. The minimum absolute atomic E-state index is 0.0319. The van der Waals surface area contributed by atoms with Crippen molar-refractivity contribution >= 4 is 78.4 Å². The summed E-state index contributed by atoms with van der Waals surface area (Å²) in [5, 5.41) is 5.17. The molecule has 0 fully saturated rings. The Hall–Kier alpha value is -7.56. The lowest BCUT2D eigenvalue weighted by Crippen LogP contribution is -2.57. The quantitative estimate of drug-likeness (QED) is 0.161. The molecule has 2 aromatic heterocycles. The molecule has 0 saturated carbocycles. The van der Waals surface area contributed by atoms with Crippen molar-refractivity contribution < 1.29 is 0 Å². The zero-order chi connectivity index (χ0) is 47.9. The van der Waals surface area contributed by atoms with Crippen LogP contribution in [0.1, 0.15) is 74.9 Å². The summed E-state index contributed by atoms with van der Waals surface area (Å²) in [5.41, 5.74) is 30.9. The molecule has 0 unspecified atom stereocenters. The van der Waals surface area contributed by atoms with Crippen molar-refractivity contribution in [2.45, 2.75) is 80.1 Å². The van der Waals surface area contributed by atoms with Gasteiger partial charge in [0.15, 0.2) is 0 Å². The van der Waals surface area contributed by atoms with Gasteiger partial charge in [-0.05, 0) is 176 Å². The van der Waals surface area contributed by atoms with Gasteiger partial charge in [0.05, 0.1) is 28.1 Å². The lowest BCUT2D eigenvalue weighted by molar-refractivity contribution is 0.569. The summed E-state index contributed by atoms with van der Waals surface area (Å²) in [6, 6.07) is 61.4. The largest absolute Gasteiger partial charge is 0.375 e. The number of hydrogen-bond donors (Lipinski definition) is 0. The molecule has 4 heteroatoms. The summed E-state index contributed by atoms with van der Waals surface area (Å²) >= 11 is 0. The Balaban J connectivity index is 1.18. The zero-order valence-electron chi connectivity index (χ0n) is 41.9. The maximum atomic E-state index is 2.74. The molecule has 3 nitrogen and oxygen atoms in total. The fourth-order valence-electron chi connectivity index (χ4n) is 13.1. The van der Waals surface area contributed by atoms with E-state index in [1.165, 1.54) is 155 Å². The van der Waals surface area contributed by atoms with Crippen molar-refractivity contribution in [1.29, 1.82) is 0 Å². The highest BCUT2D eigenvalue weighted by Gasteiger charge is 2.46. The molecule has 9 aromatic carbocycles. The van der Waals surface area contributed by atoms with Crippen LogP contribution in [0.2, 0.25) is 0 Å². The van der Waals surface area contributed by atoms with Crippen LogP contribution in [0, 0.1) is 27.7 Å². The van der Waals surface area contributed by atoms with E-state index < -0.39 is 0 Å². The molecule has 0 amide bonds. The van der Waals surface area contributed by atoms with Crippen molar-refractivity contribution in [3.63, 3.8) is 0 Å². The normalized spacial score (nSPS) is 13.5. The van der Waals surface area contributed by atoms with E-state index in [1.54, 1.807) is 0 Å². The summed E-state index contributed by atoms with van der Waals surface area (Å²) in [7, 11) is 0. The predicted molar refractivity (Wildman–Crippen MR) is 301 cm³/mol. The number of rotatable bonds is 3. The smallest absolute Gasteiger partial charge is 0.333 e. The molecule has 11 aromatic rings. The fraction of sp³-hybridized carbons (Fsp3) is 0.182. The van der Waals surface area contributed by atoms with Crippen LogP contribution >= 0.6 is 0 Å². The van der Waals surface area contributed by atoms with E-state index in [0.29, 0.717) is 0 Å². The Morgan fingerprint density at radius 1 is 0.400 bits per heavy atom. The van der Waals surface area contributed by atoms with Gasteiger partial charge in [-0.3, -0.25) is 0 Å². The Bertz CT molecular complexity index is 4070. The van der Waals surface area contributed by atoms with Crippen molar-refractivity contribution in [2.24, 2.45) is 0 Å². The number of anilines is 3. The topological polar surface area (TPSA) is 13.1 Å². The number of fused-ring (bicyclic) bond motifs is 13. The molecular formula is C66H56BN3. The van der Waals surface area contributed by atoms with Gasteiger partial charge < -0.3 is 13.9 Å². The highest BCUT2D eigenvalue weighted by Crippen LogP contribution is 2.54. The van der Waals surface area contributed by atoms with Gasteiger partial charge in [-0.2, -0.15) is 0 Å². The summed E-state index contributed by atoms with van der Waals surface area (Å²) < 4.78 is 5.30. The number of nitrogens with zero attached hydrogens (tertiary/aromatic N) is 3. The predicted octanol–water partition coefficient (Wildman–Crippen LogP) is 16.5. The first-order valence-corrected chi connectivity index (χ1v) is 25.2. The van der Waals surface area contributed by atoms with E-state index in [9.17, 15) is 0 Å². The van der Waals surface area contributed by atoms with Gasteiger partial charge in [0.25, 0.3) is 0 Å². The van der Waals surface area contributed by atoms with Crippen LogP contribution in [-0.4, -0.2) is 15.9 Å². The number of aromatic nitrogens is 2. The van der Waals surface area contributed by atoms with E-state index >= 15 is 0 Å². The molecule has 0 aliphatic carbocycles. The van der Waals surface area contributed by atoms with E-state index in [4.69, 9.17) is 0 Å². The molecule has 3 aliphatic heterocycles. The second kappa shape index (κ2) is 14.0. The summed E-state index contributed by atoms with van der Waals surface area (Å²) in [4.78, 5) is 2.66. The average Bonchev–Trinajstić information content (AvgIpc) is 3.85. The van der Waals surface area contributed by atoms with Gasteiger partial charge in [-0.15, -0.1) is 0 Å². The van der Waals surface area contributed by atoms with E-state index in [2.05, 4.69) is 241 Å². The van der Waals surface area contributed by atoms with Crippen LogP contribution in [-0.2, 0) is 10.8 Å². The first-order chi connectivity index (χ1) is 33.7. The minimum atomic E-state index is -0.0814. The standard InChI is InChI=1S/C66H56BN3/c1-37-17-15-18-38(2)59(37)41-25-28-55-49(31-41)51-33-44(60-39(3)19-16-20-40(60)4)34-52-50-32-43(42-29-45(65(5,6)7)36-46(30-42)66(8,9)10)35-58-61(50)67(70(55)62(51)52)53-27-26-48-47-21-11-12-22-54(47)68-56-23-13-14-24-57(56)69(58)64(53)63(48)68/h11-36H,1-10H3.